The van der Waals surface area contributed by atoms with Crippen molar-refractivity contribution in [3.8, 4) is 0 Å². The van der Waals surface area contributed by atoms with Crippen molar-refractivity contribution < 1.29 is 24.6 Å². The predicted octanol–water partition coefficient (Wildman–Crippen LogP) is 3.94. The lowest BCUT2D eigenvalue weighted by Crippen LogP contribution is -2.25. The summed E-state index contributed by atoms with van der Waals surface area (Å²) in [5.41, 5.74) is 2.98. The molecule has 0 heterocycles. The highest BCUT2D eigenvalue weighted by atomic mass is 16.4. The van der Waals surface area contributed by atoms with Gasteiger partial charge in [0, 0.05) is 30.0 Å². The number of fused-ring (bicyclic) bond motifs is 1. The number of carbonyl (C=O) groups is 3. The van der Waals surface area contributed by atoms with Crippen molar-refractivity contribution in [2.24, 2.45) is 5.92 Å². The Balaban J connectivity index is 1.73. The quantitative estimate of drug-likeness (QED) is 0.549. The Labute approximate surface area is 188 Å². The summed E-state index contributed by atoms with van der Waals surface area (Å²) in [6, 6.07) is 15.6. The monoisotopic (exact) mass is 435 g/mol. The number of aliphatic carboxylic acids is 2. The van der Waals surface area contributed by atoms with E-state index in [0.29, 0.717) is 24.0 Å². The van der Waals surface area contributed by atoms with E-state index in [-0.39, 0.29) is 11.4 Å². The minimum Gasteiger partial charge on any atom is -0.478 e. The summed E-state index contributed by atoms with van der Waals surface area (Å²) in [6.07, 6.45) is 2.87. The number of Topliss-reactive ketones (excluding diaryl/α,β-unsaturated/α-hetero) is 1. The molecular weight excluding hydrogens is 406 g/mol. The maximum absolute atomic E-state index is 13.2. The number of aryl methyl sites for hydroxylation is 1. The van der Waals surface area contributed by atoms with Gasteiger partial charge in [0.25, 0.3) is 0 Å². The largest absolute Gasteiger partial charge is 0.478 e. The van der Waals surface area contributed by atoms with Crippen LogP contribution in [0.3, 0.4) is 0 Å². The molecule has 0 saturated heterocycles. The molecule has 0 radical (unpaired) electrons. The molecular formula is C26H29NO5. The molecule has 2 atom stereocenters. The molecule has 2 unspecified atom stereocenters. The molecule has 0 aromatic heterocycles. The maximum Gasteiger partial charge on any atom is 0.332 e. The molecule has 0 saturated carbocycles. The molecule has 6 heteroatoms. The van der Waals surface area contributed by atoms with Crippen molar-refractivity contribution in [3.05, 3.63) is 82.4 Å². The zero-order chi connectivity index (χ0) is 23.3. The van der Waals surface area contributed by atoms with Gasteiger partial charge in [-0.1, -0.05) is 48.5 Å². The molecule has 2 aromatic rings. The molecule has 168 valence electrons. The number of likely N-dealkylation sites (N-methyl/N-ethyl adjacent to an activating group) is 1. The van der Waals surface area contributed by atoms with Crippen molar-refractivity contribution in [3.63, 3.8) is 0 Å². The second kappa shape index (κ2) is 10.4. The molecule has 3 rings (SSSR count). The van der Waals surface area contributed by atoms with Gasteiger partial charge in [-0.05, 0) is 56.5 Å². The Hall–Kier alpha value is -3.25. The summed E-state index contributed by atoms with van der Waals surface area (Å²) in [5.74, 6) is -4.04. The summed E-state index contributed by atoms with van der Waals surface area (Å²) < 4.78 is 0. The third kappa shape index (κ3) is 5.32. The Morgan fingerprint density at radius 3 is 2.41 bits per heavy atom. The Morgan fingerprint density at radius 1 is 1.03 bits per heavy atom. The van der Waals surface area contributed by atoms with Crippen molar-refractivity contribution in [1.82, 2.24) is 4.90 Å². The van der Waals surface area contributed by atoms with E-state index in [9.17, 15) is 24.6 Å². The van der Waals surface area contributed by atoms with Gasteiger partial charge in [0.2, 0.25) is 0 Å². The normalized spacial score (nSPS) is 18.1. The van der Waals surface area contributed by atoms with Crippen LogP contribution < -0.4 is 0 Å². The van der Waals surface area contributed by atoms with Crippen molar-refractivity contribution in [2.75, 3.05) is 20.1 Å². The number of benzene rings is 2. The number of hydrogen-bond acceptors (Lipinski definition) is 4. The van der Waals surface area contributed by atoms with Gasteiger partial charge in [-0.25, -0.2) is 9.59 Å². The summed E-state index contributed by atoms with van der Waals surface area (Å²) in [5, 5.41) is 18.9. The van der Waals surface area contributed by atoms with Crippen LogP contribution in [0.25, 0.3) is 0 Å². The summed E-state index contributed by atoms with van der Waals surface area (Å²) in [7, 11) is 2.03. The zero-order valence-electron chi connectivity index (χ0n) is 18.5. The summed E-state index contributed by atoms with van der Waals surface area (Å²) in [6.45, 7) is 3.48. The fourth-order valence-corrected chi connectivity index (χ4v) is 4.60. The molecule has 0 fully saturated rings. The second-order valence-corrected chi connectivity index (χ2v) is 8.41. The van der Waals surface area contributed by atoms with Crippen LogP contribution in [0.2, 0.25) is 0 Å². The number of nitrogens with zero attached hydrogens (tertiary/aromatic N) is 1. The van der Waals surface area contributed by atoms with E-state index in [0.717, 1.165) is 31.1 Å². The highest BCUT2D eigenvalue weighted by Crippen LogP contribution is 2.45. The predicted molar refractivity (Wildman–Crippen MR) is 122 cm³/mol. The van der Waals surface area contributed by atoms with Gasteiger partial charge < -0.3 is 15.1 Å². The molecule has 6 nitrogen and oxygen atoms in total. The van der Waals surface area contributed by atoms with Gasteiger partial charge in [-0.2, -0.15) is 0 Å². The van der Waals surface area contributed by atoms with Crippen LogP contribution in [-0.2, 0) is 16.0 Å². The average Bonchev–Trinajstić information content (AvgIpc) is 3.03. The topological polar surface area (TPSA) is 94.9 Å². The van der Waals surface area contributed by atoms with Gasteiger partial charge >= 0.3 is 11.9 Å². The Kier molecular flexibility index (Phi) is 7.59. The molecule has 32 heavy (non-hydrogen) atoms. The van der Waals surface area contributed by atoms with Crippen LogP contribution in [0.1, 0.15) is 45.8 Å². The van der Waals surface area contributed by atoms with E-state index in [1.54, 1.807) is 12.1 Å². The average molecular weight is 436 g/mol. The number of carboxylic acid groups (broad SMARTS) is 2. The standard InChI is InChI=1S/C26H29NO5/c1-17-8-6-11-19-23(17)25(30)20(24(19)21(26(31)32)16-22(28)29)12-7-14-27(2)15-13-18-9-4-3-5-10-18/h3-6,8-11,16,20,24H,7,12-15H2,1-2H3,(H,28,29)(H,31,32). The molecule has 2 N–H and O–H groups in total. The van der Waals surface area contributed by atoms with E-state index in [1.165, 1.54) is 5.56 Å². The van der Waals surface area contributed by atoms with Crippen molar-refractivity contribution >= 4 is 17.7 Å². The molecule has 0 aliphatic heterocycles. The lowest BCUT2D eigenvalue weighted by molar-refractivity contribution is -0.135. The first-order valence-corrected chi connectivity index (χ1v) is 10.8. The van der Waals surface area contributed by atoms with Gasteiger partial charge in [-0.3, -0.25) is 4.79 Å². The molecule has 2 aromatic carbocycles. The highest BCUT2D eigenvalue weighted by Gasteiger charge is 2.43. The molecule has 0 amide bonds. The van der Waals surface area contributed by atoms with Crippen LogP contribution in [-0.4, -0.2) is 53.0 Å². The van der Waals surface area contributed by atoms with Gasteiger partial charge in [0.1, 0.15) is 0 Å². The Bertz CT molecular complexity index is 1030. The first kappa shape index (κ1) is 23.4. The lowest BCUT2D eigenvalue weighted by Gasteiger charge is -2.22. The van der Waals surface area contributed by atoms with Crippen LogP contribution in [0.5, 0.6) is 0 Å². The Morgan fingerprint density at radius 2 is 1.75 bits per heavy atom. The van der Waals surface area contributed by atoms with E-state index >= 15 is 0 Å². The fourth-order valence-electron chi connectivity index (χ4n) is 4.60. The minimum atomic E-state index is -1.32. The van der Waals surface area contributed by atoms with Gasteiger partial charge in [0.15, 0.2) is 5.78 Å². The summed E-state index contributed by atoms with van der Waals surface area (Å²) in [4.78, 5) is 38.7. The third-order valence-electron chi connectivity index (χ3n) is 6.17. The first-order valence-electron chi connectivity index (χ1n) is 10.8. The molecule has 0 spiro atoms. The van der Waals surface area contributed by atoms with Gasteiger partial charge in [-0.15, -0.1) is 0 Å². The van der Waals surface area contributed by atoms with Crippen molar-refractivity contribution in [1.29, 1.82) is 0 Å². The lowest BCUT2D eigenvalue weighted by atomic mass is 9.82. The van der Waals surface area contributed by atoms with Crippen LogP contribution >= 0.6 is 0 Å². The smallest absolute Gasteiger partial charge is 0.332 e. The van der Waals surface area contributed by atoms with E-state index in [4.69, 9.17) is 0 Å². The second-order valence-electron chi connectivity index (χ2n) is 8.41. The van der Waals surface area contributed by atoms with Crippen LogP contribution in [0.4, 0.5) is 0 Å². The highest BCUT2D eigenvalue weighted by molar-refractivity contribution is 6.07. The van der Waals surface area contributed by atoms with Crippen LogP contribution in [0, 0.1) is 12.8 Å². The van der Waals surface area contributed by atoms with Gasteiger partial charge in [0.05, 0.1) is 5.57 Å². The van der Waals surface area contributed by atoms with E-state index in [2.05, 4.69) is 17.0 Å². The molecule has 1 aliphatic carbocycles. The fraction of sp³-hybridized carbons (Fsp3) is 0.346. The number of hydrogen-bond donors (Lipinski definition) is 2. The summed E-state index contributed by atoms with van der Waals surface area (Å²) >= 11 is 0. The number of carboxylic acids is 2. The molecule has 0 bridgehead atoms. The van der Waals surface area contributed by atoms with E-state index < -0.39 is 23.8 Å². The zero-order valence-corrected chi connectivity index (χ0v) is 18.5. The molecule has 1 aliphatic rings. The van der Waals surface area contributed by atoms with Crippen LogP contribution in [0.15, 0.2) is 60.2 Å². The maximum atomic E-state index is 13.2. The number of ketones is 1. The SMILES string of the molecule is Cc1cccc2c1C(=O)C(CCCN(C)CCc1ccccc1)C2C(=CC(=O)O)C(=O)O. The minimum absolute atomic E-state index is 0.0902. The van der Waals surface area contributed by atoms with Crippen molar-refractivity contribution in [2.45, 2.75) is 32.1 Å². The number of carbonyl (C=O) groups excluding carboxylic acids is 1. The number of rotatable bonds is 10. The third-order valence-corrected chi connectivity index (χ3v) is 6.17. The first-order chi connectivity index (χ1) is 15.3. The van der Waals surface area contributed by atoms with E-state index in [1.807, 2.05) is 38.2 Å².